The number of ether oxygens (including phenoxy) is 1. The van der Waals surface area contributed by atoms with Gasteiger partial charge in [0.1, 0.15) is 11.9 Å². The highest BCUT2D eigenvalue weighted by Crippen LogP contribution is 2.22. The van der Waals surface area contributed by atoms with Crippen LogP contribution in [0, 0.1) is 0 Å². The van der Waals surface area contributed by atoms with Gasteiger partial charge in [-0.15, -0.1) is 0 Å². The fourth-order valence-corrected chi connectivity index (χ4v) is 2.29. The molecule has 1 aliphatic heterocycles. The maximum atomic E-state index is 11.5. The number of rotatable bonds is 4. The quantitative estimate of drug-likeness (QED) is 0.484. The molecule has 0 spiro atoms. The molecule has 1 amide bonds. The van der Waals surface area contributed by atoms with Gasteiger partial charge in [-0.3, -0.25) is 4.79 Å². The molecule has 0 bridgehead atoms. The summed E-state index contributed by atoms with van der Waals surface area (Å²) in [6.45, 7) is 1.38. The molecular weight excluding hydrogens is 258 g/mol. The third kappa shape index (κ3) is 3.48. The van der Waals surface area contributed by atoms with Crippen molar-refractivity contribution in [2.75, 3.05) is 19.6 Å². The summed E-state index contributed by atoms with van der Waals surface area (Å²) in [6, 6.07) is 7.39. The van der Waals surface area contributed by atoms with Crippen LogP contribution in [-0.4, -0.2) is 48.0 Å². The number of oxime groups is 1. The minimum absolute atomic E-state index is 0.0173. The molecule has 0 aliphatic carbocycles. The summed E-state index contributed by atoms with van der Waals surface area (Å²) in [4.78, 5) is 13.3. The number of nitrogens with zero attached hydrogens (tertiary/aromatic N) is 2. The van der Waals surface area contributed by atoms with Crippen molar-refractivity contribution >= 4 is 12.1 Å². The molecule has 0 aromatic heterocycles. The second-order valence-electron chi connectivity index (χ2n) is 4.68. The average Bonchev–Trinajstić information content (AvgIpc) is 2.49. The van der Waals surface area contributed by atoms with Crippen LogP contribution >= 0.6 is 0 Å². The molecule has 0 saturated carbocycles. The predicted octanol–water partition coefficient (Wildman–Crippen LogP) is 0.823. The smallest absolute Gasteiger partial charge is 0.236 e. The third-order valence-corrected chi connectivity index (χ3v) is 3.38. The summed E-state index contributed by atoms with van der Waals surface area (Å²) < 4.78 is 5.93. The molecule has 0 atom stereocenters. The van der Waals surface area contributed by atoms with Crippen LogP contribution in [0.3, 0.4) is 0 Å². The summed E-state index contributed by atoms with van der Waals surface area (Å²) in [5, 5.41) is 11.7. The monoisotopic (exact) mass is 277 g/mol. The van der Waals surface area contributed by atoms with E-state index in [0.29, 0.717) is 18.8 Å². The SMILES string of the molecule is NCC(=O)N1CCC(Oc2ccccc2C=NO)CC1. The first-order chi connectivity index (χ1) is 9.74. The molecule has 3 N–H and O–H groups in total. The Bertz CT molecular complexity index is 482. The van der Waals surface area contributed by atoms with E-state index in [1.165, 1.54) is 6.21 Å². The van der Waals surface area contributed by atoms with Gasteiger partial charge < -0.3 is 20.6 Å². The Labute approximate surface area is 117 Å². The maximum absolute atomic E-state index is 11.5. The summed E-state index contributed by atoms with van der Waals surface area (Å²) >= 11 is 0. The Morgan fingerprint density at radius 2 is 2.15 bits per heavy atom. The van der Waals surface area contributed by atoms with Crippen molar-refractivity contribution in [2.24, 2.45) is 10.9 Å². The molecule has 1 aromatic carbocycles. The number of hydrogen-bond acceptors (Lipinski definition) is 5. The van der Waals surface area contributed by atoms with E-state index in [2.05, 4.69) is 5.16 Å². The Hall–Kier alpha value is -2.08. The Balaban J connectivity index is 1.94. The van der Waals surface area contributed by atoms with Crippen LogP contribution in [-0.2, 0) is 4.79 Å². The highest BCUT2D eigenvalue weighted by Gasteiger charge is 2.23. The highest BCUT2D eigenvalue weighted by atomic mass is 16.5. The van der Waals surface area contributed by atoms with Crippen LogP contribution in [0.4, 0.5) is 0 Å². The molecule has 1 heterocycles. The van der Waals surface area contributed by atoms with Gasteiger partial charge >= 0.3 is 0 Å². The molecule has 2 rings (SSSR count). The number of nitrogens with two attached hydrogens (primary N) is 1. The summed E-state index contributed by atoms with van der Waals surface area (Å²) in [7, 11) is 0. The fourth-order valence-electron chi connectivity index (χ4n) is 2.29. The van der Waals surface area contributed by atoms with E-state index in [4.69, 9.17) is 15.7 Å². The van der Waals surface area contributed by atoms with E-state index in [0.717, 1.165) is 18.4 Å². The van der Waals surface area contributed by atoms with Crippen LogP contribution in [0.2, 0.25) is 0 Å². The molecular formula is C14H19N3O3. The van der Waals surface area contributed by atoms with Crippen LogP contribution in [0.15, 0.2) is 29.4 Å². The van der Waals surface area contributed by atoms with Crippen molar-refractivity contribution in [1.82, 2.24) is 4.90 Å². The van der Waals surface area contributed by atoms with Crippen LogP contribution in [0.1, 0.15) is 18.4 Å². The Kier molecular flexibility index (Phi) is 4.95. The number of benzene rings is 1. The van der Waals surface area contributed by atoms with Crippen molar-refractivity contribution < 1.29 is 14.7 Å². The van der Waals surface area contributed by atoms with Crippen molar-refractivity contribution in [3.05, 3.63) is 29.8 Å². The van der Waals surface area contributed by atoms with E-state index < -0.39 is 0 Å². The average molecular weight is 277 g/mol. The zero-order valence-corrected chi connectivity index (χ0v) is 11.2. The van der Waals surface area contributed by atoms with Crippen LogP contribution in [0.5, 0.6) is 5.75 Å². The molecule has 6 nitrogen and oxygen atoms in total. The largest absolute Gasteiger partial charge is 0.490 e. The van der Waals surface area contributed by atoms with Crippen molar-refractivity contribution in [3.8, 4) is 5.75 Å². The fraction of sp³-hybridized carbons (Fsp3) is 0.429. The number of amides is 1. The van der Waals surface area contributed by atoms with Crippen LogP contribution < -0.4 is 10.5 Å². The van der Waals surface area contributed by atoms with E-state index in [1.807, 2.05) is 24.3 Å². The number of carbonyl (C=O) groups is 1. The van der Waals surface area contributed by atoms with Gasteiger partial charge in [0.15, 0.2) is 0 Å². The lowest BCUT2D eigenvalue weighted by Gasteiger charge is -2.32. The number of piperidine rings is 1. The van der Waals surface area contributed by atoms with Gasteiger partial charge in [-0.25, -0.2) is 0 Å². The molecule has 0 unspecified atom stereocenters. The second-order valence-corrected chi connectivity index (χ2v) is 4.68. The first kappa shape index (κ1) is 14.3. The lowest BCUT2D eigenvalue weighted by atomic mass is 10.1. The molecule has 0 radical (unpaired) electrons. The van der Waals surface area contributed by atoms with E-state index in [-0.39, 0.29) is 18.6 Å². The summed E-state index contributed by atoms with van der Waals surface area (Å²) in [6.07, 6.45) is 2.96. The van der Waals surface area contributed by atoms with Gasteiger partial charge in [0.25, 0.3) is 0 Å². The number of likely N-dealkylation sites (tertiary alicyclic amines) is 1. The summed E-state index contributed by atoms with van der Waals surface area (Å²) in [5.74, 6) is 0.671. The Morgan fingerprint density at radius 3 is 2.80 bits per heavy atom. The molecule has 1 aromatic rings. The zero-order chi connectivity index (χ0) is 14.4. The van der Waals surface area contributed by atoms with E-state index in [1.54, 1.807) is 4.90 Å². The van der Waals surface area contributed by atoms with Crippen molar-refractivity contribution in [1.29, 1.82) is 0 Å². The lowest BCUT2D eigenvalue weighted by Crippen LogP contribution is -2.44. The molecule has 1 aliphatic rings. The number of hydrogen-bond donors (Lipinski definition) is 2. The third-order valence-electron chi connectivity index (χ3n) is 3.38. The number of carbonyl (C=O) groups excluding carboxylic acids is 1. The molecule has 20 heavy (non-hydrogen) atoms. The van der Waals surface area contributed by atoms with Crippen molar-refractivity contribution in [3.63, 3.8) is 0 Å². The maximum Gasteiger partial charge on any atom is 0.236 e. The molecule has 6 heteroatoms. The van der Waals surface area contributed by atoms with Gasteiger partial charge in [-0.05, 0) is 12.1 Å². The van der Waals surface area contributed by atoms with E-state index in [9.17, 15) is 4.79 Å². The highest BCUT2D eigenvalue weighted by molar-refractivity contribution is 5.83. The zero-order valence-electron chi connectivity index (χ0n) is 11.2. The standard InChI is InChI=1S/C14H19N3O3/c15-9-14(18)17-7-5-12(6-8-17)20-13-4-2-1-3-11(13)10-16-19/h1-4,10,12,19H,5-9,15H2. The second kappa shape index (κ2) is 6.91. The van der Waals surface area contributed by atoms with E-state index >= 15 is 0 Å². The van der Waals surface area contributed by atoms with Gasteiger partial charge in [0, 0.05) is 31.5 Å². The first-order valence-corrected chi connectivity index (χ1v) is 6.65. The minimum atomic E-state index is -0.0173. The molecule has 1 saturated heterocycles. The van der Waals surface area contributed by atoms with Gasteiger partial charge in [-0.2, -0.15) is 0 Å². The van der Waals surface area contributed by atoms with Gasteiger partial charge in [-0.1, -0.05) is 17.3 Å². The topological polar surface area (TPSA) is 88.2 Å². The predicted molar refractivity (Wildman–Crippen MR) is 75.1 cm³/mol. The summed E-state index contributed by atoms with van der Waals surface area (Å²) in [5.41, 5.74) is 6.09. The first-order valence-electron chi connectivity index (χ1n) is 6.65. The van der Waals surface area contributed by atoms with Gasteiger partial charge in [0.05, 0.1) is 12.8 Å². The van der Waals surface area contributed by atoms with Crippen molar-refractivity contribution in [2.45, 2.75) is 18.9 Å². The molecule has 108 valence electrons. The van der Waals surface area contributed by atoms with Gasteiger partial charge in [0.2, 0.25) is 5.91 Å². The number of para-hydroxylation sites is 1. The lowest BCUT2D eigenvalue weighted by molar-refractivity contribution is -0.131. The minimum Gasteiger partial charge on any atom is -0.490 e. The Morgan fingerprint density at radius 1 is 1.45 bits per heavy atom. The van der Waals surface area contributed by atoms with Crippen LogP contribution in [0.25, 0.3) is 0 Å². The molecule has 1 fully saturated rings. The normalized spacial score (nSPS) is 16.6.